The van der Waals surface area contributed by atoms with Crippen molar-refractivity contribution < 1.29 is 8.83 Å². The zero-order valence-electron chi connectivity index (χ0n) is 26.2. The van der Waals surface area contributed by atoms with Gasteiger partial charge in [0.25, 0.3) is 0 Å². The third-order valence-electron chi connectivity index (χ3n) is 9.47. The first-order valence-corrected chi connectivity index (χ1v) is 15.8. The van der Waals surface area contributed by atoms with Gasteiger partial charge >= 0.3 is 0 Å². The Balaban J connectivity index is 1.41. The molecule has 49 heavy (non-hydrogen) atoms. The topological polar surface area (TPSA) is 29.5 Å². The summed E-state index contributed by atoms with van der Waals surface area (Å²) in [6, 6.07) is 38.6. The third-order valence-corrected chi connectivity index (χ3v) is 9.47. The molecule has 0 bridgehead atoms. The molecule has 0 spiro atoms. The predicted molar refractivity (Wildman–Crippen MR) is 211 cm³/mol. The lowest BCUT2D eigenvalue weighted by Crippen LogP contribution is -2.41. The maximum Gasteiger partial charge on any atom is 0.159 e. The molecule has 9 rings (SSSR count). The lowest BCUT2D eigenvalue weighted by molar-refractivity contribution is 0.672. The standard InChI is InChI=1S/C40H19B6NO2/c41-28-19-27-30-36(33(44)32(43)35(46)40(30)49-39(27)34(45)31(28)42)47(23-16-13-21(14-17-23)20-7-2-1-3-8-20)29-12-6-11-25-26-18-15-22-9-4-5-10-24(22)37(26)48-38(25)29/h1-19H. The zero-order valence-corrected chi connectivity index (χ0v) is 26.2. The van der Waals surface area contributed by atoms with Crippen LogP contribution < -0.4 is 37.7 Å². The molecule has 9 aromatic rings. The first-order chi connectivity index (χ1) is 23.8. The second-order valence-electron chi connectivity index (χ2n) is 12.2. The van der Waals surface area contributed by atoms with Crippen LogP contribution in [-0.2, 0) is 0 Å². The van der Waals surface area contributed by atoms with E-state index in [-0.39, 0.29) is 27.3 Å². The normalized spacial score (nSPS) is 11.8. The molecule has 0 aliphatic rings. The summed E-state index contributed by atoms with van der Waals surface area (Å²) in [7, 11) is 39.3. The molecule has 0 N–H and O–H groups in total. The molecular formula is C40H19B6NO2. The molecule has 214 valence electrons. The van der Waals surface area contributed by atoms with E-state index in [9.17, 15) is 0 Å². The Labute approximate surface area is 290 Å². The van der Waals surface area contributed by atoms with E-state index >= 15 is 0 Å². The van der Waals surface area contributed by atoms with Crippen molar-refractivity contribution in [2.45, 2.75) is 0 Å². The van der Waals surface area contributed by atoms with Crippen LogP contribution in [0.1, 0.15) is 0 Å². The summed E-state index contributed by atoms with van der Waals surface area (Å²) in [5.41, 5.74) is 7.68. The summed E-state index contributed by atoms with van der Waals surface area (Å²) in [5, 5.41) is 5.23. The second-order valence-corrected chi connectivity index (χ2v) is 12.2. The average Bonchev–Trinajstić information content (AvgIpc) is 3.71. The Kier molecular flexibility index (Phi) is 6.71. The van der Waals surface area contributed by atoms with Crippen LogP contribution in [0.25, 0.3) is 65.8 Å². The van der Waals surface area contributed by atoms with E-state index in [0.29, 0.717) is 38.7 Å². The fourth-order valence-corrected chi connectivity index (χ4v) is 6.99. The SMILES string of the molecule is [B]c1cc2c(oc3c([B])c([B])c([B])c(N(c4ccc(-c5ccccc5)cc4)c4cccc5c4oc4c6ccccc6ccc54)c32)c([B])c1[B]. The zero-order chi connectivity index (χ0) is 33.6. The number of benzene rings is 7. The van der Waals surface area contributed by atoms with Gasteiger partial charge in [0.15, 0.2) is 5.58 Å². The largest absolute Gasteiger partial charge is 0.457 e. The van der Waals surface area contributed by atoms with Gasteiger partial charge in [-0.15, -0.1) is 16.4 Å². The van der Waals surface area contributed by atoms with Gasteiger partial charge in [0, 0.05) is 27.2 Å². The van der Waals surface area contributed by atoms with Gasteiger partial charge in [0.2, 0.25) is 0 Å². The van der Waals surface area contributed by atoms with Crippen LogP contribution in [0.3, 0.4) is 0 Å². The van der Waals surface area contributed by atoms with Crippen LogP contribution in [0, 0.1) is 0 Å². The van der Waals surface area contributed by atoms with Crippen molar-refractivity contribution in [2.24, 2.45) is 0 Å². The number of furan rings is 2. The van der Waals surface area contributed by atoms with E-state index in [1.807, 2.05) is 59.5 Å². The highest BCUT2D eigenvalue weighted by Crippen LogP contribution is 2.46. The second kappa shape index (κ2) is 11.1. The molecule has 0 saturated heterocycles. The Hall–Kier alpha value is -5.41. The molecule has 0 amide bonds. The molecular weight excluding hydrogens is 591 g/mol. The molecule has 0 aliphatic carbocycles. The van der Waals surface area contributed by atoms with Crippen molar-refractivity contribution in [3.63, 3.8) is 0 Å². The van der Waals surface area contributed by atoms with Crippen molar-refractivity contribution in [3.8, 4) is 11.1 Å². The average molecular weight is 610 g/mol. The van der Waals surface area contributed by atoms with Crippen LogP contribution in [0.4, 0.5) is 17.1 Å². The van der Waals surface area contributed by atoms with Crippen LogP contribution in [0.15, 0.2) is 124 Å². The Morgan fingerprint density at radius 1 is 0.429 bits per heavy atom. The lowest BCUT2D eigenvalue weighted by atomic mass is 9.69. The van der Waals surface area contributed by atoms with E-state index in [0.717, 1.165) is 49.6 Å². The number of hydrogen-bond donors (Lipinski definition) is 0. The van der Waals surface area contributed by atoms with E-state index < -0.39 is 0 Å². The minimum atomic E-state index is 0.176. The summed E-state index contributed by atoms with van der Waals surface area (Å²) in [6.07, 6.45) is 0. The fraction of sp³-hybridized carbons (Fsp3) is 0. The van der Waals surface area contributed by atoms with Gasteiger partial charge in [0.1, 0.15) is 63.8 Å². The minimum absolute atomic E-state index is 0.176. The number of nitrogens with zero attached hydrogens (tertiary/aromatic N) is 1. The molecule has 0 saturated carbocycles. The first kappa shape index (κ1) is 29.7. The monoisotopic (exact) mass is 611 g/mol. The smallest absolute Gasteiger partial charge is 0.159 e. The summed E-state index contributed by atoms with van der Waals surface area (Å²) in [4.78, 5) is 2.03. The number of para-hydroxylation sites is 1. The van der Waals surface area contributed by atoms with Crippen LogP contribution >= 0.6 is 0 Å². The van der Waals surface area contributed by atoms with Gasteiger partial charge in [-0.2, -0.15) is 0 Å². The minimum Gasteiger partial charge on any atom is -0.457 e. The van der Waals surface area contributed by atoms with E-state index in [1.54, 1.807) is 6.07 Å². The quantitative estimate of drug-likeness (QED) is 0.275. The van der Waals surface area contributed by atoms with Crippen LogP contribution in [-0.4, -0.2) is 47.1 Å². The maximum atomic E-state index is 6.99. The highest BCUT2D eigenvalue weighted by molar-refractivity contribution is 6.64. The Morgan fingerprint density at radius 3 is 1.88 bits per heavy atom. The molecule has 2 heterocycles. The van der Waals surface area contributed by atoms with Crippen molar-refractivity contribution in [1.29, 1.82) is 0 Å². The molecule has 0 aliphatic heterocycles. The van der Waals surface area contributed by atoms with Crippen molar-refractivity contribution >= 4 is 152 Å². The number of anilines is 3. The summed E-state index contributed by atoms with van der Waals surface area (Å²) < 4.78 is 13.2. The van der Waals surface area contributed by atoms with Crippen LogP contribution in [0.5, 0.6) is 0 Å². The third kappa shape index (κ3) is 4.38. The van der Waals surface area contributed by atoms with Gasteiger partial charge in [0.05, 0.1) is 16.8 Å². The maximum absolute atomic E-state index is 6.99. The van der Waals surface area contributed by atoms with E-state index in [2.05, 4.69) is 54.6 Å². The Bertz CT molecular complexity index is 2790. The van der Waals surface area contributed by atoms with Gasteiger partial charge in [-0.25, -0.2) is 0 Å². The summed E-state index contributed by atoms with van der Waals surface area (Å²) >= 11 is 0. The Morgan fingerprint density at radius 2 is 1.08 bits per heavy atom. The summed E-state index contributed by atoms with van der Waals surface area (Å²) in [5.74, 6) is 0. The van der Waals surface area contributed by atoms with Gasteiger partial charge < -0.3 is 13.7 Å². The number of hydrogen-bond acceptors (Lipinski definition) is 3. The lowest BCUT2D eigenvalue weighted by Gasteiger charge is -2.30. The van der Waals surface area contributed by atoms with Crippen molar-refractivity contribution in [1.82, 2.24) is 0 Å². The number of fused-ring (bicyclic) bond motifs is 8. The highest BCUT2D eigenvalue weighted by atomic mass is 16.3. The fourth-order valence-electron chi connectivity index (χ4n) is 6.99. The molecule has 0 atom stereocenters. The summed E-state index contributed by atoms with van der Waals surface area (Å²) in [6.45, 7) is 0. The predicted octanol–water partition coefficient (Wildman–Crippen LogP) is 4.54. The van der Waals surface area contributed by atoms with E-state index in [4.69, 9.17) is 55.9 Å². The number of rotatable bonds is 4. The molecule has 7 aromatic carbocycles. The molecule has 0 unspecified atom stereocenters. The van der Waals surface area contributed by atoms with Gasteiger partial charge in [-0.1, -0.05) is 107 Å². The van der Waals surface area contributed by atoms with Crippen molar-refractivity contribution in [2.75, 3.05) is 4.90 Å². The van der Waals surface area contributed by atoms with Crippen molar-refractivity contribution in [3.05, 3.63) is 115 Å². The van der Waals surface area contributed by atoms with Gasteiger partial charge in [-0.05, 0) is 40.8 Å². The first-order valence-electron chi connectivity index (χ1n) is 15.8. The molecule has 2 aromatic heterocycles. The van der Waals surface area contributed by atoms with E-state index in [1.165, 1.54) is 0 Å². The van der Waals surface area contributed by atoms with Gasteiger partial charge in [-0.3, -0.25) is 0 Å². The molecule has 12 radical (unpaired) electrons. The molecule has 3 nitrogen and oxygen atoms in total. The highest BCUT2D eigenvalue weighted by Gasteiger charge is 2.27. The van der Waals surface area contributed by atoms with Crippen LogP contribution in [0.2, 0.25) is 0 Å². The molecule has 0 fully saturated rings. The molecule has 9 heteroatoms.